The molecule has 0 aliphatic heterocycles. The molecular weight excluding hydrogens is 430 g/mol. The lowest BCUT2D eigenvalue weighted by Crippen LogP contribution is -2.46. The van der Waals surface area contributed by atoms with E-state index in [2.05, 4.69) is 15.2 Å². The minimum absolute atomic E-state index is 0.0887. The number of amides is 1. The number of rotatable bonds is 11. The molecule has 0 unspecified atom stereocenters. The molecule has 0 fully saturated rings. The maximum Gasteiger partial charge on any atom is 0.258 e. The van der Waals surface area contributed by atoms with E-state index in [-0.39, 0.29) is 10.8 Å². The molecule has 0 saturated heterocycles. The van der Waals surface area contributed by atoms with Gasteiger partial charge in [0.15, 0.2) is 11.5 Å². The predicted molar refractivity (Wildman–Crippen MR) is 125 cm³/mol. The molecule has 1 amide bonds. The van der Waals surface area contributed by atoms with Crippen LogP contribution in [0.3, 0.4) is 0 Å². The number of benzene rings is 2. The summed E-state index contributed by atoms with van der Waals surface area (Å²) >= 11 is 0. The molecule has 2 N–H and O–H groups in total. The smallest absolute Gasteiger partial charge is 0.258 e. The van der Waals surface area contributed by atoms with Gasteiger partial charge in [0.2, 0.25) is 10.0 Å². The highest BCUT2D eigenvalue weighted by Gasteiger charge is 2.26. The fourth-order valence-electron chi connectivity index (χ4n) is 2.94. The van der Waals surface area contributed by atoms with Crippen molar-refractivity contribution in [3.05, 3.63) is 53.6 Å². The molecule has 2 rings (SSSR count). The van der Waals surface area contributed by atoms with Gasteiger partial charge in [-0.15, -0.1) is 0 Å². The highest BCUT2D eigenvalue weighted by atomic mass is 32.2. The first-order chi connectivity index (χ1) is 15.2. The lowest BCUT2D eigenvalue weighted by molar-refractivity contribution is -0.123. The first kappa shape index (κ1) is 25.4. The Hall–Kier alpha value is -2.91. The van der Waals surface area contributed by atoms with Gasteiger partial charge in [0.25, 0.3) is 5.91 Å². The number of hydrazone groups is 1. The molecule has 174 valence electrons. The first-order valence-corrected chi connectivity index (χ1v) is 11.9. The molecule has 0 aliphatic carbocycles. The number of hydrogen-bond acceptors (Lipinski definition) is 6. The van der Waals surface area contributed by atoms with Crippen LogP contribution in [0, 0.1) is 12.8 Å². The van der Waals surface area contributed by atoms with E-state index in [4.69, 9.17) is 9.47 Å². The van der Waals surface area contributed by atoms with Gasteiger partial charge in [0, 0.05) is 0 Å². The number of sulfonamides is 1. The van der Waals surface area contributed by atoms with Crippen molar-refractivity contribution in [3.8, 4) is 11.5 Å². The Kier molecular flexibility index (Phi) is 9.22. The lowest BCUT2D eigenvalue weighted by Gasteiger charge is -2.19. The molecule has 0 aliphatic rings. The van der Waals surface area contributed by atoms with Gasteiger partial charge in [-0.2, -0.15) is 9.82 Å². The standard InChI is InChI=1S/C23H31N3O5S/c1-6-31-21-12-9-18(14-22(21)30-5)15-24-25-23(27)20(13-16(2)3)26-32(28,29)19-10-7-17(4)8-11-19/h7-12,14-16,20,26H,6,13H2,1-5H3,(H,25,27)/b24-15-/t20-/m0/s1. The van der Waals surface area contributed by atoms with Crippen LogP contribution < -0.4 is 19.6 Å². The fraction of sp³-hybridized carbons (Fsp3) is 0.391. The van der Waals surface area contributed by atoms with Gasteiger partial charge in [-0.05, 0) is 62.1 Å². The third-order valence-electron chi connectivity index (χ3n) is 4.53. The van der Waals surface area contributed by atoms with E-state index < -0.39 is 22.0 Å². The van der Waals surface area contributed by atoms with Crippen LogP contribution in [0.15, 0.2) is 52.5 Å². The third kappa shape index (κ3) is 7.35. The van der Waals surface area contributed by atoms with E-state index in [9.17, 15) is 13.2 Å². The van der Waals surface area contributed by atoms with Crippen LogP contribution >= 0.6 is 0 Å². The number of methoxy groups -OCH3 is 1. The van der Waals surface area contributed by atoms with Gasteiger partial charge in [-0.1, -0.05) is 31.5 Å². The van der Waals surface area contributed by atoms with Gasteiger partial charge < -0.3 is 9.47 Å². The van der Waals surface area contributed by atoms with Crippen LogP contribution in [-0.4, -0.2) is 40.3 Å². The van der Waals surface area contributed by atoms with Crippen LogP contribution in [0.25, 0.3) is 0 Å². The number of carbonyl (C=O) groups is 1. The Bertz CT molecular complexity index is 1030. The average Bonchev–Trinajstić information content (AvgIpc) is 2.74. The van der Waals surface area contributed by atoms with E-state index in [1.165, 1.54) is 25.5 Å². The van der Waals surface area contributed by atoms with E-state index >= 15 is 0 Å². The zero-order valence-electron chi connectivity index (χ0n) is 19.1. The maximum atomic E-state index is 12.7. The Morgan fingerprint density at radius 1 is 1.12 bits per heavy atom. The highest BCUT2D eigenvalue weighted by Crippen LogP contribution is 2.27. The van der Waals surface area contributed by atoms with Crippen LogP contribution in [0.4, 0.5) is 0 Å². The molecule has 0 bridgehead atoms. The summed E-state index contributed by atoms with van der Waals surface area (Å²) in [4.78, 5) is 12.8. The van der Waals surface area contributed by atoms with Gasteiger partial charge >= 0.3 is 0 Å². The quantitative estimate of drug-likeness (QED) is 0.395. The number of nitrogens with zero attached hydrogens (tertiary/aromatic N) is 1. The van der Waals surface area contributed by atoms with E-state index in [1.807, 2.05) is 27.7 Å². The minimum Gasteiger partial charge on any atom is -0.493 e. The van der Waals surface area contributed by atoms with Crippen molar-refractivity contribution in [2.75, 3.05) is 13.7 Å². The van der Waals surface area contributed by atoms with Crippen molar-refractivity contribution < 1.29 is 22.7 Å². The number of nitrogens with one attached hydrogen (secondary N) is 2. The fourth-order valence-corrected chi connectivity index (χ4v) is 4.15. The summed E-state index contributed by atoms with van der Waals surface area (Å²) in [6, 6.07) is 10.7. The van der Waals surface area contributed by atoms with E-state index in [1.54, 1.807) is 30.3 Å². The molecule has 0 spiro atoms. The Morgan fingerprint density at radius 2 is 1.81 bits per heavy atom. The Labute approximate surface area is 190 Å². The lowest BCUT2D eigenvalue weighted by atomic mass is 10.0. The summed E-state index contributed by atoms with van der Waals surface area (Å²) < 4.78 is 38.7. The van der Waals surface area contributed by atoms with Crippen LogP contribution in [-0.2, 0) is 14.8 Å². The van der Waals surface area contributed by atoms with Gasteiger partial charge in [-0.3, -0.25) is 4.79 Å². The molecule has 2 aromatic carbocycles. The molecule has 8 nitrogen and oxygen atoms in total. The van der Waals surface area contributed by atoms with Crippen molar-refractivity contribution in [1.82, 2.24) is 10.1 Å². The van der Waals surface area contributed by atoms with E-state index in [0.29, 0.717) is 30.1 Å². The number of aryl methyl sites for hydroxylation is 1. The zero-order valence-corrected chi connectivity index (χ0v) is 19.9. The van der Waals surface area contributed by atoms with Crippen LogP contribution in [0.2, 0.25) is 0 Å². The van der Waals surface area contributed by atoms with E-state index in [0.717, 1.165) is 5.56 Å². The van der Waals surface area contributed by atoms with Crippen LogP contribution in [0.5, 0.6) is 11.5 Å². The number of carbonyl (C=O) groups excluding carboxylic acids is 1. The molecule has 9 heteroatoms. The zero-order chi connectivity index (χ0) is 23.7. The third-order valence-corrected chi connectivity index (χ3v) is 6.02. The van der Waals surface area contributed by atoms with Gasteiger partial charge in [0.1, 0.15) is 6.04 Å². The van der Waals surface area contributed by atoms with Crippen molar-refractivity contribution in [2.45, 2.75) is 45.1 Å². The number of ether oxygens (including phenoxy) is 2. The predicted octanol–water partition coefficient (Wildman–Crippen LogP) is 3.25. The first-order valence-electron chi connectivity index (χ1n) is 10.4. The topological polar surface area (TPSA) is 106 Å². The SMILES string of the molecule is CCOc1ccc(/C=N\NC(=O)[C@H](CC(C)C)NS(=O)(=O)c2ccc(C)cc2)cc1OC. The van der Waals surface area contributed by atoms with Crippen molar-refractivity contribution in [3.63, 3.8) is 0 Å². The Balaban J connectivity index is 2.12. The van der Waals surface area contributed by atoms with Gasteiger partial charge in [-0.25, -0.2) is 13.8 Å². The number of hydrogen-bond donors (Lipinski definition) is 2. The second-order valence-electron chi connectivity index (χ2n) is 7.69. The molecular formula is C23H31N3O5S. The molecule has 32 heavy (non-hydrogen) atoms. The second kappa shape index (κ2) is 11.6. The summed E-state index contributed by atoms with van der Waals surface area (Å²) in [6.07, 6.45) is 1.78. The van der Waals surface area contributed by atoms with Crippen LogP contribution in [0.1, 0.15) is 38.3 Å². The van der Waals surface area contributed by atoms with Crippen molar-refractivity contribution in [1.29, 1.82) is 0 Å². The van der Waals surface area contributed by atoms with Gasteiger partial charge in [0.05, 0.1) is 24.8 Å². The summed E-state index contributed by atoms with van der Waals surface area (Å²) in [5.74, 6) is 0.707. The Morgan fingerprint density at radius 3 is 2.41 bits per heavy atom. The molecule has 0 aromatic heterocycles. The highest BCUT2D eigenvalue weighted by molar-refractivity contribution is 7.89. The van der Waals surface area contributed by atoms with Crippen molar-refractivity contribution in [2.24, 2.45) is 11.0 Å². The summed E-state index contributed by atoms with van der Waals surface area (Å²) in [6.45, 7) is 8.09. The average molecular weight is 462 g/mol. The minimum atomic E-state index is -3.86. The summed E-state index contributed by atoms with van der Waals surface area (Å²) in [5.41, 5.74) is 4.06. The molecule has 0 heterocycles. The second-order valence-corrected chi connectivity index (χ2v) is 9.41. The molecule has 0 radical (unpaired) electrons. The molecule has 0 saturated carbocycles. The maximum absolute atomic E-state index is 12.7. The molecule has 2 aromatic rings. The summed E-state index contributed by atoms with van der Waals surface area (Å²) in [7, 11) is -2.32. The largest absolute Gasteiger partial charge is 0.493 e. The molecule has 1 atom stereocenters. The van der Waals surface area contributed by atoms with Crippen molar-refractivity contribution >= 4 is 22.1 Å². The normalized spacial score (nSPS) is 12.7. The monoisotopic (exact) mass is 461 g/mol. The summed E-state index contributed by atoms with van der Waals surface area (Å²) in [5, 5.41) is 3.98.